The van der Waals surface area contributed by atoms with Crippen molar-refractivity contribution in [2.75, 3.05) is 18.2 Å². The molecule has 1 aromatic carbocycles. The lowest BCUT2D eigenvalue weighted by Gasteiger charge is -2.10. The number of pyridine rings is 1. The van der Waals surface area contributed by atoms with Crippen molar-refractivity contribution in [3.63, 3.8) is 0 Å². The maximum atomic E-state index is 11.7. The molecule has 0 aliphatic rings. The minimum absolute atomic E-state index is 0.231. The van der Waals surface area contributed by atoms with Crippen molar-refractivity contribution in [2.24, 2.45) is 0 Å². The molecule has 0 spiro atoms. The molecule has 0 amide bonds. The molecule has 6 nitrogen and oxygen atoms in total. The zero-order chi connectivity index (χ0) is 14.5. The Morgan fingerprint density at radius 2 is 2.25 bits per heavy atom. The molecular weight excluding hydrogens is 256 g/mol. The summed E-state index contributed by atoms with van der Waals surface area (Å²) in [6.07, 6.45) is 1.43. The number of carbonyl (C=O) groups is 1. The average molecular weight is 268 g/mol. The third-order valence-electron chi connectivity index (χ3n) is 2.57. The first-order valence-electron chi connectivity index (χ1n) is 5.75. The van der Waals surface area contributed by atoms with Crippen LogP contribution in [0.2, 0.25) is 0 Å². The highest BCUT2D eigenvalue weighted by atomic mass is 16.5. The van der Waals surface area contributed by atoms with Gasteiger partial charge in [-0.1, -0.05) is 6.07 Å². The van der Waals surface area contributed by atoms with E-state index >= 15 is 0 Å². The van der Waals surface area contributed by atoms with Crippen LogP contribution in [0.5, 0.6) is 0 Å². The van der Waals surface area contributed by atoms with Crippen molar-refractivity contribution in [1.82, 2.24) is 4.98 Å². The Bertz CT molecular complexity index is 692. The molecule has 0 aliphatic heterocycles. The van der Waals surface area contributed by atoms with E-state index in [4.69, 9.17) is 11.0 Å². The number of hydrogen-bond donors (Lipinski definition) is 2. The normalized spacial score (nSPS) is 9.60. The molecule has 0 saturated carbocycles. The predicted octanol–water partition coefficient (Wildman–Crippen LogP) is 2.07. The first-order valence-corrected chi connectivity index (χ1v) is 5.75. The summed E-state index contributed by atoms with van der Waals surface area (Å²) in [5, 5.41) is 11.8. The maximum absolute atomic E-state index is 11.7. The molecule has 20 heavy (non-hydrogen) atoms. The molecule has 0 unspecified atom stereocenters. The number of esters is 1. The molecule has 2 rings (SSSR count). The number of nitrogen functional groups attached to an aromatic ring is 1. The van der Waals surface area contributed by atoms with Crippen LogP contribution in [0, 0.1) is 11.3 Å². The van der Waals surface area contributed by atoms with Crippen LogP contribution in [0.3, 0.4) is 0 Å². The third-order valence-corrected chi connectivity index (χ3v) is 2.57. The van der Waals surface area contributed by atoms with Crippen LogP contribution < -0.4 is 11.1 Å². The second-order valence-corrected chi connectivity index (χ2v) is 3.97. The SMILES string of the molecule is COC(=O)c1cc(N)cnc1Nc1cccc(C#N)c1. The van der Waals surface area contributed by atoms with E-state index in [9.17, 15) is 4.79 Å². The summed E-state index contributed by atoms with van der Waals surface area (Å²) < 4.78 is 4.69. The summed E-state index contributed by atoms with van der Waals surface area (Å²) >= 11 is 0. The molecule has 0 bridgehead atoms. The van der Waals surface area contributed by atoms with Crippen molar-refractivity contribution < 1.29 is 9.53 Å². The fourth-order valence-electron chi connectivity index (χ4n) is 1.65. The zero-order valence-electron chi connectivity index (χ0n) is 10.8. The van der Waals surface area contributed by atoms with E-state index in [-0.39, 0.29) is 5.56 Å². The van der Waals surface area contributed by atoms with Crippen LogP contribution in [0.25, 0.3) is 0 Å². The summed E-state index contributed by atoms with van der Waals surface area (Å²) in [7, 11) is 1.28. The van der Waals surface area contributed by atoms with Crippen molar-refractivity contribution in [1.29, 1.82) is 5.26 Å². The Kier molecular flexibility index (Phi) is 3.82. The minimum Gasteiger partial charge on any atom is -0.465 e. The summed E-state index contributed by atoms with van der Waals surface area (Å²) in [5.41, 5.74) is 7.36. The molecule has 0 saturated heterocycles. The molecule has 2 aromatic rings. The Labute approximate surface area is 115 Å². The van der Waals surface area contributed by atoms with Gasteiger partial charge in [-0.2, -0.15) is 5.26 Å². The Balaban J connectivity index is 2.38. The van der Waals surface area contributed by atoms with Crippen molar-refractivity contribution in [3.8, 4) is 6.07 Å². The third kappa shape index (κ3) is 2.84. The number of methoxy groups -OCH3 is 1. The lowest BCUT2D eigenvalue weighted by atomic mass is 10.2. The second-order valence-electron chi connectivity index (χ2n) is 3.97. The molecule has 0 radical (unpaired) electrons. The number of ether oxygens (including phenoxy) is 1. The molecule has 0 atom stereocenters. The van der Waals surface area contributed by atoms with Crippen LogP contribution in [0.4, 0.5) is 17.2 Å². The Morgan fingerprint density at radius 3 is 2.95 bits per heavy atom. The number of nitriles is 1. The maximum Gasteiger partial charge on any atom is 0.341 e. The average Bonchev–Trinajstić information content (AvgIpc) is 2.48. The van der Waals surface area contributed by atoms with Crippen molar-refractivity contribution in [3.05, 3.63) is 47.7 Å². The fourth-order valence-corrected chi connectivity index (χ4v) is 1.65. The van der Waals surface area contributed by atoms with Gasteiger partial charge in [-0.25, -0.2) is 9.78 Å². The molecular formula is C14H12N4O2. The van der Waals surface area contributed by atoms with Crippen LogP contribution in [0.15, 0.2) is 36.5 Å². The van der Waals surface area contributed by atoms with Gasteiger partial charge in [-0.3, -0.25) is 0 Å². The number of nitrogens with zero attached hydrogens (tertiary/aromatic N) is 2. The Morgan fingerprint density at radius 1 is 1.45 bits per heavy atom. The predicted molar refractivity (Wildman–Crippen MR) is 74.4 cm³/mol. The van der Waals surface area contributed by atoms with Crippen LogP contribution in [-0.4, -0.2) is 18.1 Å². The van der Waals surface area contributed by atoms with Crippen molar-refractivity contribution in [2.45, 2.75) is 0 Å². The van der Waals surface area contributed by atoms with E-state index in [1.54, 1.807) is 24.3 Å². The van der Waals surface area contributed by atoms with E-state index in [0.717, 1.165) is 0 Å². The largest absolute Gasteiger partial charge is 0.465 e. The van der Waals surface area contributed by atoms with Gasteiger partial charge in [0.15, 0.2) is 0 Å². The van der Waals surface area contributed by atoms with E-state index < -0.39 is 5.97 Å². The number of hydrogen-bond acceptors (Lipinski definition) is 6. The summed E-state index contributed by atoms with van der Waals surface area (Å²) in [6, 6.07) is 10.4. The van der Waals surface area contributed by atoms with Gasteiger partial charge in [0.25, 0.3) is 0 Å². The molecule has 100 valence electrons. The first kappa shape index (κ1) is 13.4. The van der Waals surface area contributed by atoms with Gasteiger partial charge in [0.2, 0.25) is 0 Å². The number of anilines is 3. The number of nitrogens with one attached hydrogen (secondary N) is 1. The lowest BCUT2D eigenvalue weighted by molar-refractivity contribution is 0.0601. The van der Waals surface area contributed by atoms with Gasteiger partial charge in [-0.15, -0.1) is 0 Å². The summed E-state index contributed by atoms with van der Waals surface area (Å²) in [6.45, 7) is 0. The smallest absolute Gasteiger partial charge is 0.341 e. The monoisotopic (exact) mass is 268 g/mol. The van der Waals surface area contributed by atoms with Crippen LogP contribution in [0.1, 0.15) is 15.9 Å². The number of carbonyl (C=O) groups excluding carboxylic acids is 1. The van der Waals surface area contributed by atoms with Gasteiger partial charge in [0, 0.05) is 5.69 Å². The van der Waals surface area contributed by atoms with Gasteiger partial charge < -0.3 is 15.8 Å². The minimum atomic E-state index is -0.538. The van der Waals surface area contributed by atoms with Gasteiger partial charge in [0.1, 0.15) is 11.4 Å². The highest BCUT2D eigenvalue weighted by molar-refractivity contribution is 5.96. The quantitative estimate of drug-likeness (QED) is 0.826. The van der Waals surface area contributed by atoms with E-state index in [2.05, 4.69) is 15.0 Å². The highest BCUT2D eigenvalue weighted by Gasteiger charge is 2.14. The van der Waals surface area contributed by atoms with E-state index in [0.29, 0.717) is 22.8 Å². The molecule has 0 fully saturated rings. The van der Waals surface area contributed by atoms with Crippen molar-refractivity contribution >= 4 is 23.2 Å². The number of benzene rings is 1. The topological polar surface area (TPSA) is 101 Å². The van der Waals surface area contributed by atoms with E-state index in [1.807, 2.05) is 6.07 Å². The first-order chi connectivity index (χ1) is 9.63. The molecule has 1 aromatic heterocycles. The number of aromatic nitrogens is 1. The molecule has 6 heteroatoms. The van der Waals surface area contributed by atoms with Gasteiger partial charge in [0.05, 0.1) is 30.6 Å². The lowest BCUT2D eigenvalue weighted by Crippen LogP contribution is -2.08. The van der Waals surface area contributed by atoms with Gasteiger partial charge in [-0.05, 0) is 24.3 Å². The molecule has 1 heterocycles. The van der Waals surface area contributed by atoms with Crippen LogP contribution >= 0.6 is 0 Å². The Hall–Kier alpha value is -3.07. The highest BCUT2D eigenvalue weighted by Crippen LogP contribution is 2.21. The number of nitrogens with two attached hydrogens (primary N) is 1. The van der Waals surface area contributed by atoms with E-state index in [1.165, 1.54) is 19.4 Å². The number of rotatable bonds is 3. The zero-order valence-corrected chi connectivity index (χ0v) is 10.8. The molecule has 3 N–H and O–H groups in total. The standard InChI is InChI=1S/C14H12N4O2/c1-20-14(19)12-6-10(16)8-17-13(12)18-11-4-2-3-9(5-11)7-15/h2-6,8H,16H2,1H3,(H,17,18). The summed E-state index contributed by atoms with van der Waals surface area (Å²) in [4.78, 5) is 15.8. The van der Waals surface area contributed by atoms with Gasteiger partial charge >= 0.3 is 5.97 Å². The van der Waals surface area contributed by atoms with Crippen LogP contribution in [-0.2, 0) is 4.74 Å². The molecule has 0 aliphatic carbocycles. The summed E-state index contributed by atoms with van der Waals surface area (Å²) in [5.74, 6) is -0.218. The second kappa shape index (κ2) is 5.71. The fraction of sp³-hybridized carbons (Fsp3) is 0.0714.